The van der Waals surface area contributed by atoms with Gasteiger partial charge in [-0.2, -0.15) is 0 Å². The highest BCUT2D eigenvalue weighted by Gasteiger charge is 2.46. The SMILES string of the molecule is CCOC(=O)C1O[N+]([O-])=C(c2ccc(OC)cc2)C1c1ccc(Cl)cc1. The van der Waals surface area contributed by atoms with Crippen molar-refractivity contribution >= 4 is 23.3 Å². The van der Waals surface area contributed by atoms with Gasteiger partial charge in [0.1, 0.15) is 11.7 Å². The lowest BCUT2D eigenvalue weighted by molar-refractivity contribution is -0.737. The molecule has 0 saturated heterocycles. The zero-order valence-electron chi connectivity index (χ0n) is 14.3. The quantitative estimate of drug-likeness (QED) is 0.592. The summed E-state index contributed by atoms with van der Waals surface area (Å²) in [5, 5.41) is 13.1. The van der Waals surface area contributed by atoms with E-state index in [2.05, 4.69) is 0 Å². The number of methoxy groups -OCH3 is 1. The molecule has 1 aliphatic heterocycles. The molecule has 3 rings (SSSR count). The Morgan fingerprint density at radius 3 is 2.42 bits per heavy atom. The molecule has 0 radical (unpaired) electrons. The van der Waals surface area contributed by atoms with Gasteiger partial charge in [-0.25, -0.2) is 0 Å². The molecule has 2 aromatic rings. The van der Waals surface area contributed by atoms with Crippen LogP contribution in [0.15, 0.2) is 48.5 Å². The third-order valence-electron chi connectivity index (χ3n) is 4.14. The van der Waals surface area contributed by atoms with Crippen LogP contribution in [-0.4, -0.2) is 36.4 Å². The fraction of sp³-hybridized carbons (Fsp3) is 0.263. The summed E-state index contributed by atoms with van der Waals surface area (Å²) in [5.74, 6) is -0.537. The van der Waals surface area contributed by atoms with Crippen molar-refractivity contribution < 1.29 is 24.0 Å². The maximum absolute atomic E-state index is 12.5. The maximum Gasteiger partial charge on any atom is 0.326 e. The molecule has 0 aromatic heterocycles. The summed E-state index contributed by atoms with van der Waals surface area (Å²) in [6.07, 6.45) is -1.06. The van der Waals surface area contributed by atoms with Crippen LogP contribution in [0.2, 0.25) is 5.02 Å². The largest absolute Gasteiger partial charge is 0.497 e. The second kappa shape index (κ2) is 7.66. The summed E-state index contributed by atoms with van der Waals surface area (Å²) < 4.78 is 10.2. The minimum absolute atomic E-state index is 0.197. The van der Waals surface area contributed by atoms with Crippen LogP contribution < -0.4 is 4.74 Å². The van der Waals surface area contributed by atoms with E-state index in [1.54, 1.807) is 62.6 Å². The van der Waals surface area contributed by atoms with Gasteiger partial charge in [0.25, 0.3) is 5.71 Å². The predicted molar refractivity (Wildman–Crippen MR) is 96.4 cm³/mol. The van der Waals surface area contributed by atoms with Gasteiger partial charge in [-0.3, -0.25) is 10.0 Å². The fourth-order valence-electron chi connectivity index (χ4n) is 2.93. The highest BCUT2D eigenvalue weighted by molar-refractivity contribution is 6.30. The molecule has 7 heteroatoms. The molecule has 6 nitrogen and oxygen atoms in total. The molecule has 2 aromatic carbocycles. The molecule has 1 aliphatic rings. The van der Waals surface area contributed by atoms with Crippen LogP contribution in [0.5, 0.6) is 5.75 Å². The van der Waals surface area contributed by atoms with Crippen molar-refractivity contribution in [2.24, 2.45) is 0 Å². The number of rotatable bonds is 5. The van der Waals surface area contributed by atoms with Crippen molar-refractivity contribution in [3.63, 3.8) is 0 Å². The summed E-state index contributed by atoms with van der Waals surface area (Å²) in [6, 6.07) is 13.9. The first-order valence-electron chi connectivity index (χ1n) is 8.12. The van der Waals surface area contributed by atoms with Crippen molar-refractivity contribution in [2.45, 2.75) is 18.9 Å². The van der Waals surface area contributed by atoms with Crippen LogP contribution in [0, 0.1) is 5.21 Å². The van der Waals surface area contributed by atoms with Crippen molar-refractivity contribution in [3.8, 4) is 5.75 Å². The molecule has 0 saturated carbocycles. The third-order valence-corrected chi connectivity index (χ3v) is 4.39. The Morgan fingerprint density at radius 1 is 1.19 bits per heavy atom. The second-order valence-electron chi connectivity index (χ2n) is 5.68. The van der Waals surface area contributed by atoms with Crippen molar-refractivity contribution in [1.82, 2.24) is 0 Å². The van der Waals surface area contributed by atoms with E-state index in [9.17, 15) is 10.0 Å². The monoisotopic (exact) mass is 375 g/mol. The summed E-state index contributed by atoms with van der Waals surface area (Å²) in [4.78, 5) is 18.0. The van der Waals surface area contributed by atoms with Gasteiger partial charge in [-0.05, 0) is 48.9 Å². The summed E-state index contributed by atoms with van der Waals surface area (Å²) in [6.45, 7) is 1.90. The van der Waals surface area contributed by atoms with E-state index in [0.717, 1.165) is 5.56 Å². The number of carbonyl (C=O) groups is 1. The lowest BCUT2D eigenvalue weighted by Gasteiger charge is -2.18. The van der Waals surface area contributed by atoms with Gasteiger partial charge in [0.05, 0.1) is 13.7 Å². The summed E-state index contributed by atoms with van der Waals surface area (Å²) >= 11 is 5.97. The van der Waals surface area contributed by atoms with Crippen molar-refractivity contribution in [3.05, 3.63) is 69.9 Å². The second-order valence-corrected chi connectivity index (χ2v) is 6.11. The van der Waals surface area contributed by atoms with Crippen LogP contribution in [-0.2, 0) is 14.4 Å². The highest BCUT2D eigenvalue weighted by atomic mass is 35.5. The number of carbonyl (C=O) groups excluding carboxylic acids is 1. The Kier molecular flexibility index (Phi) is 5.32. The number of ether oxygens (including phenoxy) is 2. The van der Waals surface area contributed by atoms with Gasteiger partial charge in [-0.1, -0.05) is 23.7 Å². The number of hydrogen-bond donors (Lipinski definition) is 0. The van der Waals surface area contributed by atoms with E-state index in [0.29, 0.717) is 26.9 Å². The van der Waals surface area contributed by atoms with Gasteiger partial charge in [0.15, 0.2) is 6.10 Å². The fourth-order valence-corrected chi connectivity index (χ4v) is 3.06. The molecule has 0 N–H and O–H groups in total. The molecule has 0 spiro atoms. The highest BCUT2D eigenvalue weighted by Crippen LogP contribution is 2.33. The standard InChI is InChI=1S/C19H18ClNO5/c1-3-25-19(22)18-16(12-4-8-14(20)9-5-12)17(21(23)26-18)13-6-10-15(24-2)11-7-13/h4-11,16,18H,3H2,1-2H3. The summed E-state index contributed by atoms with van der Waals surface area (Å²) in [5.41, 5.74) is 1.69. The molecule has 0 amide bonds. The first-order valence-corrected chi connectivity index (χ1v) is 8.50. The molecule has 0 bridgehead atoms. The van der Waals surface area contributed by atoms with Crippen LogP contribution in [0.25, 0.3) is 0 Å². The molecule has 0 aliphatic carbocycles. The van der Waals surface area contributed by atoms with E-state index < -0.39 is 18.0 Å². The Labute approximate surface area is 156 Å². The van der Waals surface area contributed by atoms with Gasteiger partial charge in [0.2, 0.25) is 0 Å². The molecular formula is C19H18ClNO5. The third kappa shape index (κ3) is 3.46. The normalized spacial score (nSPS) is 19.2. The van der Waals surface area contributed by atoms with Gasteiger partial charge < -0.3 is 14.3 Å². The van der Waals surface area contributed by atoms with Gasteiger partial charge >= 0.3 is 5.97 Å². The van der Waals surface area contributed by atoms with Crippen LogP contribution >= 0.6 is 11.6 Å². The predicted octanol–water partition coefficient (Wildman–Crippen LogP) is 3.31. The van der Waals surface area contributed by atoms with Crippen LogP contribution in [0.3, 0.4) is 0 Å². The maximum atomic E-state index is 12.5. The number of esters is 1. The summed E-state index contributed by atoms with van der Waals surface area (Å²) in [7, 11) is 1.56. The first kappa shape index (κ1) is 18.1. The number of halogens is 1. The molecule has 0 fully saturated rings. The first-order chi connectivity index (χ1) is 12.5. The molecule has 136 valence electrons. The zero-order chi connectivity index (χ0) is 18.7. The molecule has 1 heterocycles. The van der Waals surface area contributed by atoms with E-state index in [1.807, 2.05) is 0 Å². The smallest absolute Gasteiger partial charge is 0.326 e. The average molecular weight is 376 g/mol. The van der Waals surface area contributed by atoms with E-state index in [4.69, 9.17) is 25.9 Å². The molecule has 2 unspecified atom stereocenters. The molecule has 2 atom stereocenters. The van der Waals surface area contributed by atoms with Crippen LogP contribution in [0.4, 0.5) is 0 Å². The number of hydrogen-bond acceptors (Lipinski definition) is 5. The van der Waals surface area contributed by atoms with E-state index in [1.165, 1.54) is 0 Å². The van der Waals surface area contributed by atoms with Crippen LogP contribution in [0.1, 0.15) is 24.0 Å². The van der Waals surface area contributed by atoms with Crippen molar-refractivity contribution in [2.75, 3.05) is 13.7 Å². The lowest BCUT2D eigenvalue weighted by Crippen LogP contribution is -2.31. The zero-order valence-corrected chi connectivity index (χ0v) is 15.1. The lowest BCUT2D eigenvalue weighted by atomic mass is 9.86. The average Bonchev–Trinajstić information content (AvgIpc) is 3.00. The Morgan fingerprint density at radius 2 is 1.85 bits per heavy atom. The molecule has 26 heavy (non-hydrogen) atoms. The van der Waals surface area contributed by atoms with E-state index >= 15 is 0 Å². The Bertz CT molecular complexity index is 817. The van der Waals surface area contributed by atoms with Gasteiger partial charge in [-0.15, -0.1) is 0 Å². The topological polar surface area (TPSA) is 70.8 Å². The van der Waals surface area contributed by atoms with Gasteiger partial charge in [0, 0.05) is 15.5 Å². The van der Waals surface area contributed by atoms with E-state index in [-0.39, 0.29) is 6.61 Å². The Balaban J connectivity index is 2.05. The minimum atomic E-state index is -1.06. The number of benzene rings is 2. The Hall–Kier alpha value is -2.73. The number of nitrogens with zero attached hydrogens (tertiary/aromatic N) is 1. The molecular weight excluding hydrogens is 358 g/mol. The van der Waals surface area contributed by atoms with Crippen molar-refractivity contribution in [1.29, 1.82) is 0 Å². The minimum Gasteiger partial charge on any atom is -0.497 e.